The van der Waals surface area contributed by atoms with Crippen LogP contribution in [0.4, 0.5) is 0 Å². The molecule has 4 heteroatoms. The van der Waals surface area contributed by atoms with Gasteiger partial charge in [-0.1, -0.05) is 12.1 Å². The van der Waals surface area contributed by atoms with E-state index in [4.69, 9.17) is 10.5 Å². The van der Waals surface area contributed by atoms with E-state index in [0.717, 1.165) is 23.4 Å². The van der Waals surface area contributed by atoms with E-state index in [9.17, 15) is 0 Å². The maximum absolute atomic E-state index is 6.44. The second kappa shape index (κ2) is 4.82. The van der Waals surface area contributed by atoms with E-state index >= 15 is 0 Å². The second-order valence-electron chi connectivity index (χ2n) is 4.52. The lowest BCUT2D eigenvalue weighted by atomic mass is 9.87. The molecule has 0 bridgehead atoms. The zero-order valence-corrected chi connectivity index (χ0v) is 11.1. The van der Waals surface area contributed by atoms with Crippen LogP contribution in [0.25, 0.3) is 0 Å². The maximum atomic E-state index is 6.44. The molecule has 0 saturated carbocycles. The number of methoxy groups -OCH3 is 1. The summed E-state index contributed by atoms with van der Waals surface area (Å²) in [5, 5.41) is 4.27. The normalized spacial score (nSPS) is 14.2. The van der Waals surface area contributed by atoms with Gasteiger partial charge in [0.05, 0.1) is 18.8 Å². The van der Waals surface area contributed by atoms with Crippen molar-refractivity contribution in [2.75, 3.05) is 7.11 Å². The quantitative estimate of drug-likeness (QED) is 0.897. The molecular formula is C14H19N3O. The van der Waals surface area contributed by atoms with E-state index in [0.29, 0.717) is 0 Å². The Hall–Kier alpha value is -1.81. The summed E-state index contributed by atoms with van der Waals surface area (Å²) in [6.07, 6.45) is 3.81. The number of nitrogens with two attached hydrogens (primary N) is 1. The van der Waals surface area contributed by atoms with E-state index in [1.54, 1.807) is 7.11 Å². The summed E-state index contributed by atoms with van der Waals surface area (Å²) in [5.74, 6) is 0.812. The molecule has 2 N–H and O–H groups in total. The Kier molecular flexibility index (Phi) is 3.39. The van der Waals surface area contributed by atoms with Crippen molar-refractivity contribution >= 4 is 0 Å². The van der Waals surface area contributed by atoms with Crippen molar-refractivity contribution in [3.05, 3.63) is 47.8 Å². The first kappa shape index (κ1) is 12.6. The number of aryl methyl sites for hydroxylation is 1. The van der Waals surface area contributed by atoms with Crippen molar-refractivity contribution in [2.45, 2.75) is 25.9 Å². The molecule has 1 heterocycles. The van der Waals surface area contributed by atoms with Gasteiger partial charge in [0.2, 0.25) is 0 Å². The molecule has 0 aliphatic heterocycles. The third-order valence-electron chi connectivity index (χ3n) is 3.23. The van der Waals surface area contributed by atoms with Crippen molar-refractivity contribution in [1.29, 1.82) is 0 Å². The molecule has 2 rings (SSSR count). The third-order valence-corrected chi connectivity index (χ3v) is 3.23. The number of hydrogen-bond acceptors (Lipinski definition) is 3. The van der Waals surface area contributed by atoms with Crippen LogP contribution in [0.2, 0.25) is 0 Å². The van der Waals surface area contributed by atoms with Gasteiger partial charge < -0.3 is 10.5 Å². The highest BCUT2D eigenvalue weighted by molar-refractivity contribution is 5.39. The minimum Gasteiger partial charge on any atom is -0.497 e. The van der Waals surface area contributed by atoms with E-state index in [-0.39, 0.29) is 0 Å². The van der Waals surface area contributed by atoms with Gasteiger partial charge in [0.15, 0.2) is 0 Å². The molecule has 0 saturated heterocycles. The SMILES string of the molecule is CCn1cc(C(C)(N)c2cccc(OC)c2)cn1. The first-order valence-corrected chi connectivity index (χ1v) is 6.04. The fourth-order valence-electron chi connectivity index (χ4n) is 1.92. The minimum absolute atomic E-state index is 0.567. The summed E-state index contributed by atoms with van der Waals surface area (Å²) in [4.78, 5) is 0. The van der Waals surface area contributed by atoms with Crippen LogP contribution in [0, 0.1) is 0 Å². The Morgan fingerprint density at radius 2 is 2.17 bits per heavy atom. The minimum atomic E-state index is -0.567. The lowest BCUT2D eigenvalue weighted by molar-refractivity contribution is 0.413. The topological polar surface area (TPSA) is 53.1 Å². The summed E-state index contributed by atoms with van der Waals surface area (Å²) >= 11 is 0. The van der Waals surface area contributed by atoms with Gasteiger partial charge in [0, 0.05) is 18.3 Å². The highest BCUT2D eigenvalue weighted by atomic mass is 16.5. The summed E-state index contributed by atoms with van der Waals surface area (Å²) in [5.41, 5.74) is 7.88. The fraction of sp³-hybridized carbons (Fsp3) is 0.357. The molecule has 96 valence electrons. The van der Waals surface area contributed by atoms with Crippen molar-refractivity contribution in [2.24, 2.45) is 5.73 Å². The van der Waals surface area contributed by atoms with Crippen molar-refractivity contribution in [3.63, 3.8) is 0 Å². The van der Waals surface area contributed by atoms with Gasteiger partial charge in [0.1, 0.15) is 5.75 Å². The van der Waals surface area contributed by atoms with Gasteiger partial charge in [-0.15, -0.1) is 0 Å². The number of aromatic nitrogens is 2. The standard InChI is InChI=1S/C14H19N3O/c1-4-17-10-12(9-16-17)14(2,15)11-6-5-7-13(8-11)18-3/h5-10H,4,15H2,1-3H3. The molecule has 0 radical (unpaired) electrons. The molecule has 18 heavy (non-hydrogen) atoms. The molecule has 1 unspecified atom stereocenters. The van der Waals surface area contributed by atoms with Crippen molar-refractivity contribution < 1.29 is 4.74 Å². The van der Waals surface area contributed by atoms with E-state index < -0.39 is 5.54 Å². The Morgan fingerprint density at radius 3 is 2.78 bits per heavy atom. The molecule has 1 aromatic carbocycles. The van der Waals surface area contributed by atoms with Crippen LogP contribution in [0.5, 0.6) is 5.75 Å². The fourth-order valence-corrected chi connectivity index (χ4v) is 1.92. The predicted molar refractivity (Wildman–Crippen MR) is 71.5 cm³/mol. The molecular weight excluding hydrogens is 226 g/mol. The third kappa shape index (κ3) is 2.24. The smallest absolute Gasteiger partial charge is 0.119 e. The van der Waals surface area contributed by atoms with E-state index in [1.165, 1.54) is 0 Å². The molecule has 1 atom stereocenters. The van der Waals surface area contributed by atoms with Gasteiger partial charge in [-0.3, -0.25) is 4.68 Å². The Labute approximate surface area is 107 Å². The molecule has 2 aromatic rings. The number of rotatable bonds is 4. The zero-order chi connectivity index (χ0) is 13.2. The van der Waals surface area contributed by atoms with Crippen LogP contribution in [-0.4, -0.2) is 16.9 Å². The predicted octanol–water partition coefficient (Wildman–Crippen LogP) is 2.13. The van der Waals surface area contributed by atoms with Gasteiger partial charge in [0.25, 0.3) is 0 Å². The number of nitrogens with zero attached hydrogens (tertiary/aromatic N) is 2. The monoisotopic (exact) mass is 245 g/mol. The summed E-state index contributed by atoms with van der Waals surface area (Å²) < 4.78 is 7.11. The van der Waals surface area contributed by atoms with Gasteiger partial charge in [-0.2, -0.15) is 5.10 Å². The molecule has 0 spiro atoms. The number of ether oxygens (including phenoxy) is 1. The van der Waals surface area contributed by atoms with Crippen LogP contribution >= 0.6 is 0 Å². The first-order valence-electron chi connectivity index (χ1n) is 6.04. The molecule has 0 aliphatic carbocycles. The number of benzene rings is 1. The highest BCUT2D eigenvalue weighted by Crippen LogP contribution is 2.28. The largest absolute Gasteiger partial charge is 0.497 e. The second-order valence-corrected chi connectivity index (χ2v) is 4.52. The Balaban J connectivity index is 2.39. The lowest BCUT2D eigenvalue weighted by Crippen LogP contribution is -2.33. The molecule has 4 nitrogen and oxygen atoms in total. The van der Waals surface area contributed by atoms with E-state index in [1.807, 2.05) is 48.3 Å². The summed E-state index contributed by atoms with van der Waals surface area (Å²) in [7, 11) is 1.65. The van der Waals surface area contributed by atoms with E-state index in [2.05, 4.69) is 12.0 Å². The first-order chi connectivity index (χ1) is 8.57. The van der Waals surface area contributed by atoms with Crippen LogP contribution in [0.1, 0.15) is 25.0 Å². The van der Waals surface area contributed by atoms with Crippen molar-refractivity contribution in [3.8, 4) is 5.75 Å². The van der Waals surface area contributed by atoms with Crippen LogP contribution in [0.3, 0.4) is 0 Å². The molecule has 0 amide bonds. The average molecular weight is 245 g/mol. The van der Waals surface area contributed by atoms with Gasteiger partial charge in [-0.25, -0.2) is 0 Å². The summed E-state index contributed by atoms with van der Waals surface area (Å²) in [6.45, 7) is 4.88. The molecule has 0 fully saturated rings. The molecule has 0 aliphatic rings. The molecule has 1 aromatic heterocycles. The summed E-state index contributed by atoms with van der Waals surface area (Å²) in [6, 6.07) is 7.83. The van der Waals surface area contributed by atoms with Gasteiger partial charge >= 0.3 is 0 Å². The van der Waals surface area contributed by atoms with Crippen LogP contribution in [-0.2, 0) is 12.1 Å². The lowest BCUT2D eigenvalue weighted by Gasteiger charge is -2.24. The number of hydrogen-bond donors (Lipinski definition) is 1. The zero-order valence-electron chi connectivity index (χ0n) is 11.1. The highest BCUT2D eigenvalue weighted by Gasteiger charge is 2.25. The van der Waals surface area contributed by atoms with Crippen LogP contribution < -0.4 is 10.5 Å². The van der Waals surface area contributed by atoms with Gasteiger partial charge in [-0.05, 0) is 31.5 Å². The Bertz CT molecular complexity index is 531. The van der Waals surface area contributed by atoms with Crippen LogP contribution in [0.15, 0.2) is 36.7 Å². The maximum Gasteiger partial charge on any atom is 0.119 e. The average Bonchev–Trinajstić information content (AvgIpc) is 2.88. The van der Waals surface area contributed by atoms with Crippen molar-refractivity contribution in [1.82, 2.24) is 9.78 Å². The Morgan fingerprint density at radius 1 is 1.39 bits per heavy atom.